The zero-order valence-electron chi connectivity index (χ0n) is 22.3. The van der Waals surface area contributed by atoms with Crippen LogP contribution in [-0.4, -0.2) is 52.2 Å². The van der Waals surface area contributed by atoms with E-state index in [1.54, 1.807) is 26.2 Å². The SMILES string of the molecule is CC(C)C[C@H](NC(=O)OC(C)(C)C)c1nc(C(=O)NN2CC[C@@H](NC(=O)OCc3ccccc3)C2=O)cs1. The number of ether oxygens (including phenoxy) is 2. The van der Waals surface area contributed by atoms with Gasteiger partial charge in [-0.05, 0) is 45.1 Å². The number of alkyl carbamates (subject to hydrolysis) is 2. The van der Waals surface area contributed by atoms with Gasteiger partial charge in [-0.2, -0.15) is 0 Å². The van der Waals surface area contributed by atoms with E-state index in [0.717, 1.165) is 10.6 Å². The molecule has 1 aliphatic rings. The van der Waals surface area contributed by atoms with Crippen LogP contribution < -0.4 is 16.1 Å². The molecule has 0 saturated carbocycles. The van der Waals surface area contributed by atoms with Gasteiger partial charge in [-0.25, -0.2) is 14.6 Å². The van der Waals surface area contributed by atoms with Gasteiger partial charge < -0.3 is 20.1 Å². The first-order valence-electron chi connectivity index (χ1n) is 12.5. The van der Waals surface area contributed by atoms with E-state index in [2.05, 4.69) is 21.0 Å². The fourth-order valence-corrected chi connectivity index (χ4v) is 4.57. The second-order valence-electron chi connectivity index (χ2n) is 10.4. The molecule has 3 rings (SSSR count). The van der Waals surface area contributed by atoms with Crippen molar-refractivity contribution in [3.8, 4) is 0 Å². The molecule has 1 aromatic heterocycles. The highest BCUT2D eigenvalue weighted by molar-refractivity contribution is 7.09. The maximum absolute atomic E-state index is 12.8. The number of hydrogen-bond acceptors (Lipinski definition) is 8. The van der Waals surface area contributed by atoms with Crippen molar-refractivity contribution in [1.29, 1.82) is 0 Å². The Morgan fingerprint density at radius 3 is 2.53 bits per heavy atom. The molecule has 2 atom stereocenters. The quantitative estimate of drug-likeness (QED) is 0.434. The molecular formula is C26H35N5O6S. The van der Waals surface area contributed by atoms with E-state index in [4.69, 9.17) is 9.47 Å². The fraction of sp³-hybridized carbons (Fsp3) is 0.500. The van der Waals surface area contributed by atoms with E-state index in [9.17, 15) is 19.2 Å². The molecule has 4 amide bonds. The first-order valence-corrected chi connectivity index (χ1v) is 13.3. The molecule has 1 fully saturated rings. The van der Waals surface area contributed by atoms with E-state index in [1.807, 2.05) is 44.2 Å². The predicted octanol–water partition coefficient (Wildman–Crippen LogP) is 3.93. The molecule has 0 aliphatic carbocycles. The third-order valence-electron chi connectivity index (χ3n) is 5.40. The molecule has 0 bridgehead atoms. The van der Waals surface area contributed by atoms with Gasteiger partial charge in [0.25, 0.3) is 11.8 Å². The Balaban J connectivity index is 1.54. The van der Waals surface area contributed by atoms with Crippen LogP contribution in [0.25, 0.3) is 0 Å². The molecular weight excluding hydrogens is 510 g/mol. The molecule has 12 heteroatoms. The summed E-state index contributed by atoms with van der Waals surface area (Å²) in [5, 5.41) is 8.68. The summed E-state index contributed by atoms with van der Waals surface area (Å²) >= 11 is 1.24. The van der Waals surface area contributed by atoms with Crippen molar-refractivity contribution in [1.82, 2.24) is 26.1 Å². The highest BCUT2D eigenvalue weighted by atomic mass is 32.1. The monoisotopic (exact) mass is 545 g/mol. The lowest BCUT2D eigenvalue weighted by atomic mass is 10.0. The number of carbonyl (C=O) groups is 4. The Morgan fingerprint density at radius 1 is 1.16 bits per heavy atom. The topological polar surface area (TPSA) is 139 Å². The minimum atomic E-state index is -0.807. The standard InChI is InChI=1S/C26H35N5O6S/c1-16(2)13-19(29-25(35)37-26(3,4)5)22-27-20(15-38-22)21(32)30-31-12-11-18(23(31)33)28-24(34)36-14-17-9-7-6-8-10-17/h6-10,15-16,18-19H,11-14H2,1-5H3,(H,28,34)(H,29,35)(H,30,32)/t18-,19+/m1/s1. The molecule has 1 saturated heterocycles. The molecule has 2 aromatic rings. The van der Waals surface area contributed by atoms with Gasteiger partial charge in [-0.1, -0.05) is 44.2 Å². The maximum Gasteiger partial charge on any atom is 0.408 e. The molecule has 0 radical (unpaired) electrons. The lowest BCUT2D eigenvalue weighted by molar-refractivity contribution is -0.131. The summed E-state index contributed by atoms with van der Waals surface area (Å²) in [5.74, 6) is -0.759. The molecule has 2 heterocycles. The van der Waals surface area contributed by atoms with Gasteiger partial charge in [-0.15, -0.1) is 11.3 Å². The van der Waals surface area contributed by atoms with Gasteiger partial charge in [0.15, 0.2) is 0 Å². The second kappa shape index (κ2) is 12.7. The zero-order valence-corrected chi connectivity index (χ0v) is 23.1. The Hall–Kier alpha value is -3.67. The molecule has 0 spiro atoms. The lowest BCUT2D eigenvalue weighted by Gasteiger charge is -2.23. The normalized spacial score (nSPS) is 16.2. The predicted molar refractivity (Wildman–Crippen MR) is 141 cm³/mol. The van der Waals surface area contributed by atoms with Crippen LogP contribution in [0.3, 0.4) is 0 Å². The number of carbonyl (C=O) groups excluding carboxylic acids is 4. The van der Waals surface area contributed by atoms with Crippen molar-refractivity contribution in [2.24, 2.45) is 5.92 Å². The number of amides is 4. The molecule has 38 heavy (non-hydrogen) atoms. The van der Waals surface area contributed by atoms with Crippen LogP contribution >= 0.6 is 11.3 Å². The van der Waals surface area contributed by atoms with Crippen LogP contribution in [0.1, 0.15) is 74.6 Å². The molecule has 206 valence electrons. The third kappa shape index (κ3) is 8.72. The summed E-state index contributed by atoms with van der Waals surface area (Å²) in [5.41, 5.74) is 2.86. The van der Waals surface area contributed by atoms with Gasteiger partial charge in [0, 0.05) is 11.9 Å². The fourth-order valence-electron chi connectivity index (χ4n) is 3.71. The lowest BCUT2D eigenvalue weighted by Crippen LogP contribution is -2.48. The first kappa shape index (κ1) is 28.9. The molecule has 0 unspecified atom stereocenters. The summed E-state index contributed by atoms with van der Waals surface area (Å²) in [6.07, 6.45) is -0.351. The van der Waals surface area contributed by atoms with Gasteiger partial charge in [-0.3, -0.25) is 20.0 Å². The number of nitrogens with one attached hydrogen (secondary N) is 3. The summed E-state index contributed by atoms with van der Waals surface area (Å²) in [7, 11) is 0. The van der Waals surface area contributed by atoms with Crippen molar-refractivity contribution in [2.75, 3.05) is 6.54 Å². The summed E-state index contributed by atoms with van der Waals surface area (Å²) < 4.78 is 10.5. The Morgan fingerprint density at radius 2 is 1.87 bits per heavy atom. The average Bonchev–Trinajstić information content (AvgIpc) is 3.45. The Kier molecular flexibility index (Phi) is 9.67. The smallest absolute Gasteiger partial charge is 0.408 e. The van der Waals surface area contributed by atoms with Crippen molar-refractivity contribution in [3.05, 3.63) is 52.0 Å². The number of nitrogens with zero attached hydrogens (tertiary/aromatic N) is 2. The van der Waals surface area contributed by atoms with Crippen molar-refractivity contribution >= 4 is 35.3 Å². The summed E-state index contributed by atoms with van der Waals surface area (Å²) in [6.45, 7) is 9.69. The molecule has 1 aliphatic heterocycles. The highest BCUT2D eigenvalue weighted by Crippen LogP contribution is 2.25. The van der Waals surface area contributed by atoms with Crippen LogP contribution in [0.15, 0.2) is 35.7 Å². The van der Waals surface area contributed by atoms with Crippen LogP contribution in [0.2, 0.25) is 0 Å². The Labute approximate surface area is 226 Å². The summed E-state index contributed by atoms with van der Waals surface area (Å²) in [4.78, 5) is 54.4. The van der Waals surface area contributed by atoms with E-state index < -0.39 is 41.7 Å². The minimum absolute atomic E-state index is 0.0841. The maximum atomic E-state index is 12.8. The number of benzene rings is 1. The minimum Gasteiger partial charge on any atom is -0.445 e. The summed E-state index contributed by atoms with van der Waals surface area (Å²) in [6, 6.07) is 7.96. The van der Waals surface area contributed by atoms with Crippen molar-refractivity contribution in [3.63, 3.8) is 0 Å². The molecule has 1 aromatic carbocycles. The number of aromatic nitrogens is 1. The number of hydrogen-bond donors (Lipinski definition) is 3. The van der Waals surface area contributed by atoms with Crippen molar-refractivity contribution < 1.29 is 28.7 Å². The van der Waals surface area contributed by atoms with Crippen LogP contribution in [-0.2, 0) is 20.9 Å². The zero-order chi connectivity index (χ0) is 27.9. The third-order valence-corrected chi connectivity index (χ3v) is 6.36. The van der Waals surface area contributed by atoms with E-state index in [-0.39, 0.29) is 24.8 Å². The first-order chi connectivity index (χ1) is 17.9. The van der Waals surface area contributed by atoms with Gasteiger partial charge in [0.05, 0.1) is 6.04 Å². The number of rotatable bonds is 9. The van der Waals surface area contributed by atoms with E-state index in [1.165, 1.54) is 11.3 Å². The van der Waals surface area contributed by atoms with Gasteiger partial charge in [0.1, 0.15) is 29.0 Å². The highest BCUT2D eigenvalue weighted by Gasteiger charge is 2.35. The second-order valence-corrected chi connectivity index (χ2v) is 11.3. The van der Waals surface area contributed by atoms with Gasteiger partial charge >= 0.3 is 12.2 Å². The van der Waals surface area contributed by atoms with Crippen LogP contribution in [0, 0.1) is 5.92 Å². The number of hydrazine groups is 1. The largest absolute Gasteiger partial charge is 0.445 e. The van der Waals surface area contributed by atoms with E-state index >= 15 is 0 Å². The molecule has 3 N–H and O–H groups in total. The average molecular weight is 546 g/mol. The van der Waals surface area contributed by atoms with Crippen molar-refractivity contribution in [2.45, 2.75) is 71.8 Å². The van der Waals surface area contributed by atoms with Crippen LogP contribution in [0.4, 0.5) is 9.59 Å². The van der Waals surface area contributed by atoms with E-state index in [0.29, 0.717) is 17.8 Å². The number of thiazole rings is 1. The Bertz CT molecular complexity index is 1130. The van der Waals surface area contributed by atoms with Crippen LogP contribution in [0.5, 0.6) is 0 Å². The van der Waals surface area contributed by atoms with Gasteiger partial charge in [0.2, 0.25) is 0 Å². The molecule has 11 nitrogen and oxygen atoms in total.